The molecule has 0 aromatic rings. The fourth-order valence-corrected chi connectivity index (χ4v) is 11.4. The number of hydrogen-bond acceptors (Lipinski definition) is 7. The first-order valence-corrected chi connectivity index (χ1v) is 20.5. The maximum absolute atomic E-state index is 14.5. The lowest BCUT2D eigenvalue weighted by Crippen LogP contribution is -2.66. The number of fused-ring (bicyclic) bond motifs is 1. The number of piperidine rings is 1. The molecule has 0 bridgehead atoms. The van der Waals surface area contributed by atoms with Crippen LogP contribution in [0, 0.1) is 28.6 Å². The Morgan fingerprint density at radius 1 is 0.960 bits per heavy atom. The van der Waals surface area contributed by atoms with Gasteiger partial charge in [-0.2, -0.15) is 0 Å². The third-order valence-corrected chi connectivity index (χ3v) is 14.7. The highest BCUT2D eigenvalue weighted by atomic mass is 32.2. The fraction of sp³-hybridized carbons (Fsp3) is 0.811. The van der Waals surface area contributed by atoms with Crippen molar-refractivity contribution in [1.29, 1.82) is 0 Å². The minimum atomic E-state index is -3.39. The number of carbonyl (C=O) groups excluding carboxylic acids is 5. The van der Waals surface area contributed by atoms with E-state index in [4.69, 9.17) is 0 Å². The van der Waals surface area contributed by atoms with E-state index in [0.29, 0.717) is 51.0 Å². The molecule has 0 radical (unpaired) electrons. The summed E-state index contributed by atoms with van der Waals surface area (Å²) in [5.41, 5.74) is -1.84. The van der Waals surface area contributed by atoms with E-state index in [1.54, 1.807) is 4.90 Å². The van der Waals surface area contributed by atoms with Crippen LogP contribution in [0.25, 0.3) is 0 Å². The third kappa shape index (κ3) is 8.07. The highest BCUT2D eigenvalue weighted by Crippen LogP contribution is 2.65. The van der Waals surface area contributed by atoms with Crippen molar-refractivity contribution < 1.29 is 32.4 Å². The smallest absolute Gasteiger partial charge is 0.315 e. The second kappa shape index (κ2) is 14.6. The SMILES string of the molecule is C=CCNC(=O)C(=O)[C@H](CCC1CC1)NC(=O)[C@@H]1[C@@H]2[C@H](CN1C(=O)[C@@H](NC(=O)NC1(C3CCCCS3(=O)=O)CCCCC1)C(C)(C)C)C2(C)C. The molecule has 6 atom stereocenters. The normalized spacial score (nSPS) is 29.0. The van der Waals surface area contributed by atoms with Crippen LogP contribution >= 0.6 is 0 Å². The Labute approximate surface area is 298 Å². The van der Waals surface area contributed by atoms with E-state index in [1.807, 2.05) is 20.8 Å². The number of nitrogens with one attached hydrogen (secondary N) is 4. The second-order valence-corrected chi connectivity index (χ2v) is 19.6. The summed E-state index contributed by atoms with van der Waals surface area (Å²) >= 11 is 0. The monoisotopic (exact) mass is 717 g/mol. The van der Waals surface area contributed by atoms with Gasteiger partial charge in [0.2, 0.25) is 17.6 Å². The lowest BCUT2D eigenvalue weighted by molar-refractivity contribution is -0.145. The van der Waals surface area contributed by atoms with Gasteiger partial charge in [-0.05, 0) is 67.1 Å². The number of amides is 5. The first-order chi connectivity index (χ1) is 23.4. The predicted molar refractivity (Wildman–Crippen MR) is 191 cm³/mol. The molecule has 3 aliphatic carbocycles. The zero-order chi connectivity index (χ0) is 36.6. The van der Waals surface area contributed by atoms with E-state index in [-0.39, 0.29) is 29.5 Å². The first kappa shape index (κ1) is 38.3. The van der Waals surface area contributed by atoms with Crippen molar-refractivity contribution in [2.24, 2.45) is 28.6 Å². The summed E-state index contributed by atoms with van der Waals surface area (Å²) in [6.07, 6.45) is 10.3. The Morgan fingerprint density at radius 3 is 2.24 bits per heavy atom. The molecule has 2 saturated heterocycles. The van der Waals surface area contributed by atoms with Crippen molar-refractivity contribution in [3.05, 3.63) is 12.7 Å². The van der Waals surface area contributed by atoms with Gasteiger partial charge >= 0.3 is 6.03 Å². The zero-order valence-corrected chi connectivity index (χ0v) is 31.5. The van der Waals surface area contributed by atoms with Gasteiger partial charge in [0.05, 0.1) is 22.6 Å². The van der Waals surface area contributed by atoms with Gasteiger partial charge < -0.3 is 26.2 Å². The standard InChI is InChI=1S/C37H59N5O7S/c1-7-20-38-32(45)29(43)25(17-16-23-14-15-23)39-31(44)28-27-24(36(27,5)6)22-42(28)33(46)30(35(2,3)4)40-34(47)41-37(18-10-8-11-19-37)26-13-9-12-21-50(26,48)49/h7,23-28,30H,1,8-22H2,2-6H3,(H,38,45)(H,39,44)(H2,40,41,47)/t24-,25-,26?,27-,28-,30+/m0/s1. The number of ketones is 1. The van der Waals surface area contributed by atoms with E-state index < -0.39 is 73.7 Å². The average Bonchev–Trinajstić information content (AvgIpc) is 3.91. The molecule has 0 aromatic carbocycles. The highest BCUT2D eigenvalue weighted by Gasteiger charge is 2.70. The van der Waals surface area contributed by atoms with Crippen LogP contribution in [0.15, 0.2) is 12.7 Å². The summed E-state index contributed by atoms with van der Waals surface area (Å²) in [4.78, 5) is 70.0. The van der Waals surface area contributed by atoms with Crippen LogP contribution in [0.4, 0.5) is 4.79 Å². The molecule has 0 aromatic heterocycles. The Hall–Kier alpha value is -2.96. The van der Waals surface area contributed by atoms with Crippen molar-refractivity contribution in [3.8, 4) is 0 Å². The molecule has 4 N–H and O–H groups in total. The number of likely N-dealkylation sites (tertiary alicyclic amines) is 1. The molecule has 3 saturated carbocycles. The number of rotatable bonds is 13. The molecule has 5 rings (SSSR count). The number of nitrogens with zero attached hydrogens (tertiary/aromatic N) is 1. The number of carbonyl (C=O) groups is 5. The maximum Gasteiger partial charge on any atom is 0.315 e. The molecule has 13 heteroatoms. The Kier molecular flexibility index (Phi) is 11.2. The van der Waals surface area contributed by atoms with Gasteiger partial charge in [-0.15, -0.1) is 6.58 Å². The van der Waals surface area contributed by atoms with E-state index in [0.717, 1.165) is 38.5 Å². The molecule has 5 fully saturated rings. The number of urea groups is 1. The van der Waals surface area contributed by atoms with Gasteiger partial charge in [-0.25, -0.2) is 13.2 Å². The van der Waals surface area contributed by atoms with Gasteiger partial charge in [0.1, 0.15) is 12.1 Å². The summed E-state index contributed by atoms with van der Waals surface area (Å²) in [6, 6.07) is -3.49. The summed E-state index contributed by atoms with van der Waals surface area (Å²) in [6.45, 7) is 13.7. The van der Waals surface area contributed by atoms with Gasteiger partial charge in [-0.1, -0.05) is 79.2 Å². The highest BCUT2D eigenvalue weighted by molar-refractivity contribution is 7.92. The molecule has 1 unspecified atom stereocenters. The minimum absolute atomic E-state index is 0.0650. The molecule has 2 aliphatic heterocycles. The first-order valence-electron chi connectivity index (χ1n) is 18.8. The largest absolute Gasteiger partial charge is 0.346 e. The summed E-state index contributed by atoms with van der Waals surface area (Å²) in [5, 5.41) is 10.8. The molecule has 50 heavy (non-hydrogen) atoms. The summed E-state index contributed by atoms with van der Waals surface area (Å²) in [7, 11) is -3.39. The molecule has 280 valence electrons. The second-order valence-electron chi connectivity index (χ2n) is 17.3. The van der Waals surface area contributed by atoms with Gasteiger partial charge in [0.25, 0.3) is 5.91 Å². The van der Waals surface area contributed by atoms with Crippen molar-refractivity contribution in [1.82, 2.24) is 26.2 Å². The van der Waals surface area contributed by atoms with E-state index in [9.17, 15) is 32.4 Å². The van der Waals surface area contributed by atoms with Crippen LogP contribution in [-0.2, 0) is 29.0 Å². The molecular formula is C37H59N5O7S. The maximum atomic E-state index is 14.5. The van der Waals surface area contributed by atoms with Crippen molar-refractivity contribution in [2.75, 3.05) is 18.8 Å². The minimum Gasteiger partial charge on any atom is -0.346 e. The number of sulfone groups is 1. The number of Topliss-reactive ketones (excluding diaryl/α,β-unsaturated/α-hetero) is 1. The van der Waals surface area contributed by atoms with Crippen molar-refractivity contribution in [3.63, 3.8) is 0 Å². The van der Waals surface area contributed by atoms with Crippen molar-refractivity contribution >= 4 is 39.4 Å². The Balaban J connectivity index is 1.35. The van der Waals surface area contributed by atoms with Crippen LogP contribution in [0.3, 0.4) is 0 Å². The van der Waals surface area contributed by atoms with Crippen LogP contribution in [0.1, 0.15) is 112 Å². The zero-order valence-electron chi connectivity index (χ0n) is 30.6. The van der Waals surface area contributed by atoms with Crippen LogP contribution in [0.5, 0.6) is 0 Å². The van der Waals surface area contributed by atoms with Gasteiger partial charge in [0, 0.05) is 13.1 Å². The Bertz CT molecular complexity index is 1460. The van der Waals surface area contributed by atoms with Crippen LogP contribution in [-0.4, -0.2) is 90.6 Å². The van der Waals surface area contributed by atoms with Gasteiger partial charge in [-0.3, -0.25) is 19.2 Å². The predicted octanol–water partition coefficient (Wildman–Crippen LogP) is 3.40. The Morgan fingerprint density at radius 2 is 1.64 bits per heavy atom. The lowest BCUT2D eigenvalue weighted by Gasteiger charge is -2.45. The van der Waals surface area contributed by atoms with Crippen molar-refractivity contribution in [2.45, 2.75) is 141 Å². The lowest BCUT2D eigenvalue weighted by atomic mass is 9.77. The van der Waals surface area contributed by atoms with E-state index in [2.05, 4.69) is 41.7 Å². The van der Waals surface area contributed by atoms with Crippen LogP contribution < -0.4 is 21.3 Å². The molecule has 5 aliphatic rings. The van der Waals surface area contributed by atoms with E-state index >= 15 is 0 Å². The van der Waals surface area contributed by atoms with Gasteiger partial charge in [0.15, 0.2) is 9.84 Å². The fourth-order valence-electron chi connectivity index (χ4n) is 9.05. The molecule has 2 heterocycles. The molecular weight excluding hydrogens is 659 g/mol. The summed E-state index contributed by atoms with van der Waals surface area (Å²) in [5.74, 6) is -1.85. The third-order valence-electron chi connectivity index (χ3n) is 12.3. The topological polar surface area (TPSA) is 171 Å². The van der Waals surface area contributed by atoms with Crippen LogP contribution in [0.2, 0.25) is 0 Å². The average molecular weight is 718 g/mol. The molecule has 12 nitrogen and oxygen atoms in total. The summed E-state index contributed by atoms with van der Waals surface area (Å²) < 4.78 is 26.6. The quantitative estimate of drug-likeness (QED) is 0.167. The molecule has 0 spiro atoms. The number of hydrogen-bond donors (Lipinski definition) is 4. The van der Waals surface area contributed by atoms with E-state index in [1.165, 1.54) is 6.08 Å². The molecule has 5 amide bonds.